The molecule has 2 aromatic rings. The van der Waals surface area contributed by atoms with E-state index in [0.717, 1.165) is 0 Å². The second kappa shape index (κ2) is 7.82. The van der Waals surface area contributed by atoms with Crippen molar-refractivity contribution in [3.8, 4) is 11.5 Å². The zero-order valence-electron chi connectivity index (χ0n) is 13.1. The van der Waals surface area contributed by atoms with Crippen molar-refractivity contribution in [2.45, 2.75) is 12.5 Å². The predicted octanol–water partition coefficient (Wildman–Crippen LogP) is 3.97. The minimum atomic E-state index is -0.722. The summed E-state index contributed by atoms with van der Waals surface area (Å²) < 4.78 is 10.5. The predicted molar refractivity (Wildman–Crippen MR) is 95.6 cm³/mol. The van der Waals surface area contributed by atoms with Gasteiger partial charge in [-0.1, -0.05) is 29.3 Å². The van der Waals surface area contributed by atoms with Gasteiger partial charge in [0, 0.05) is 12.2 Å². The molecule has 0 radical (unpaired) electrons. The average Bonchev–Trinajstić information content (AvgIpc) is 3.05. The summed E-state index contributed by atoms with van der Waals surface area (Å²) in [4.78, 5) is 11.9. The van der Waals surface area contributed by atoms with Crippen LogP contribution in [0.4, 0.5) is 10.5 Å². The fourth-order valence-electron chi connectivity index (χ4n) is 2.36. The maximum absolute atomic E-state index is 11.9. The van der Waals surface area contributed by atoms with E-state index >= 15 is 0 Å². The van der Waals surface area contributed by atoms with Crippen LogP contribution in [0.15, 0.2) is 36.4 Å². The van der Waals surface area contributed by atoms with E-state index in [2.05, 4.69) is 10.6 Å². The lowest BCUT2D eigenvalue weighted by Gasteiger charge is -2.13. The quantitative estimate of drug-likeness (QED) is 0.730. The highest BCUT2D eigenvalue weighted by molar-refractivity contribution is 6.42. The number of halogens is 2. The molecule has 8 heteroatoms. The van der Waals surface area contributed by atoms with Gasteiger partial charge in [-0.3, -0.25) is 0 Å². The number of amides is 2. The second-order valence-corrected chi connectivity index (χ2v) is 6.24. The number of fused-ring (bicyclic) bond motifs is 1. The summed E-state index contributed by atoms with van der Waals surface area (Å²) >= 11 is 11.7. The third-order valence-corrected chi connectivity index (χ3v) is 4.40. The first kappa shape index (κ1) is 17.7. The summed E-state index contributed by atoms with van der Waals surface area (Å²) in [6.07, 6.45) is -0.367. The molecular formula is C17H16Cl2N2O4. The molecule has 132 valence electrons. The van der Waals surface area contributed by atoms with Gasteiger partial charge in [-0.15, -0.1) is 0 Å². The summed E-state index contributed by atoms with van der Waals surface area (Å²) in [5.41, 5.74) is 1.24. The number of aliphatic hydroxyl groups is 1. The Morgan fingerprint density at radius 2 is 1.92 bits per heavy atom. The van der Waals surface area contributed by atoms with Gasteiger partial charge >= 0.3 is 6.03 Å². The molecule has 1 unspecified atom stereocenters. The summed E-state index contributed by atoms with van der Waals surface area (Å²) in [7, 11) is 0. The molecule has 0 fully saturated rings. The van der Waals surface area contributed by atoms with Crippen LogP contribution in [-0.2, 0) is 0 Å². The van der Waals surface area contributed by atoms with Gasteiger partial charge in [0.05, 0.1) is 16.1 Å². The molecule has 0 spiro atoms. The molecule has 1 heterocycles. The Hall–Kier alpha value is -2.15. The molecule has 1 aliphatic rings. The van der Waals surface area contributed by atoms with Crippen LogP contribution in [-0.4, -0.2) is 24.5 Å². The van der Waals surface area contributed by atoms with Gasteiger partial charge in [0.15, 0.2) is 11.5 Å². The molecule has 2 amide bonds. The number of aliphatic hydroxyl groups excluding tert-OH is 1. The highest BCUT2D eigenvalue weighted by atomic mass is 35.5. The lowest BCUT2D eigenvalue weighted by Crippen LogP contribution is -2.30. The minimum absolute atomic E-state index is 0.186. The van der Waals surface area contributed by atoms with E-state index < -0.39 is 12.1 Å². The molecular weight excluding hydrogens is 367 g/mol. The number of anilines is 1. The molecule has 6 nitrogen and oxygen atoms in total. The number of ether oxygens (including phenoxy) is 2. The summed E-state index contributed by atoms with van der Waals surface area (Å²) in [6, 6.07) is 9.68. The normalized spacial score (nSPS) is 13.4. The van der Waals surface area contributed by atoms with Crippen molar-refractivity contribution >= 4 is 34.9 Å². The first-order chi connectivity index (χ1) is 12.0. The lowest BCUT2D eigenvalue weighted by atomic mass is 10.1. The smallest absolute Gasteiger partial charge is 0.319 e. The van der Waals surface area contributed by atoms with Crippen LogP contribution in [0.1, 0.15) is 18.1 Å². The van der Waals surface area contributed by atoms with E-state index in [-0.39, 0.29) is 6.79 Å². The van der Waals surface area contributed by atoms with Crippen molar-refractivity contribution in [1.29, 1.82) is 0 Å². The van der Waals surface area contributed by atoms with E-state index in [1.165, 1.54) is 0 Å². The van der Waals surface area contributed by atoms with Crippen molar-refractivity contribution in [3.63, 3.8) is 0 Å². The van der Waals surface area contributed by atoms with Gasteiger partial charge in [-0.2, -0.15) is 0 Å². The molecule has 3 N–H and O–H groups in total. The monoisotopic (exact) mass is 382 g/mol. The van der Waals surface area contributed by atoms with Crippen LogP contribution in [0, 0.1) is 0 Å². The van der Waals surface area contributed by atoms with Crippen molar-refractivity contribution in [1.82, 2.24) is 5.32 Å². The molecule has 25 heavy (non-hydrogen) atoms. The third-order valence-electron chi connectivity index (χ3n) is 3.66. The Bertz CT molecular complexity index is 785. The zero-order chi connectivity index (χ0) is 17.8. The number of urea groups is 1. The van der Waals surface area contributed by atoms with Gasteiger partial charge in [-0.05, 0) is 42.3 Å². The van der Waals surface area contributed by atoms with Crippen molar-refractivity contribution in [2.75, 3.05) is 18.7 Å². The molecule has 0 aromatic heterocycles. The SMILES string of the molecule is O=C(NCCC(O)c1ccc2c(c1)OCO2)Nc1ccc(Cl)c(Cl)c1. The number of nitrogens with one attached hydrogen (secondary N) is 2. The molecule has 0 saturated carbocycles. The fraction of sp³-hybridized carbons (Fsp3) is 0.235. The van der Waals surface area contributed by atoms with Gasteiger partial charge in [0.1, 0.15) is 0 Å². The van der Waals surface area contributed by atoms with E-state index in [9.17, 15) is 9.90 Å². The fourth-order valence-corrected chi connectivity index (χ4v) is 2.66. The van der Waals surface area contributed by atoms with Crippen molar-refractivity contribution < 1.29 is 19.4 Å². The Morgan fingerprint density at radius 1 is 1.12 bits per heavy atom. The van der Waals surface area contributed by atoms with Crippen molar-refractivity contribution in [2.24, 2.45) is 0 Å². The van der Waals surface area contributed by atoms with E-state index in [1.807, 2.05) is 0 Å². The van der Waals surface area contributed by atoms with E-state index in [4.69, 9.17) is 32.7 Å². The Morgan fingerprint density at radius 3 is 2.72 bits per heavy atom. The molecule has 3 rings (SSSR count). The molecule has 1 atom stereocenters. The number of carbonyl (C=O) groups is 1. The highest BCUT2D eigenvalue weighted by Crippen LogP contribution is 2.34. The largest absolute Gasteiger partial charge is 0.454 e. The lowest BCUT2D eigenvalue weighted by molar-refractivity contribution is 0.165. The van der Waals surface area contributed by atoms with Gasteiger partial charge in [0.2, 0.25) is 6.79 Å². The van der Waals surface area contributed by atoms with Gasteiger partial charge in [-0.25, -0.2) is 4.79 Å². The zero-order valence-corrected chi connectivity index (χ0v) is 14.6. The summed E-state index contributed by atoms with van der Waals surface area (Å²) in [6.45, 7) is 0.480. The van der Waals surface area contributed by atoms with Crippen LogP contribution in [0.25, 0.3) is 0 Å². The first-order valence-electron chi connectivity index (χ1n) is 7.60. The van der Waals surface area contributed by atoms with Crippen LogP contribution < -0.4 is 20.1 Å². The molecule has 1 aliphatic heterocycles. The van der Waals surface area contributed by atoms with Crippen LogP contribution in [0.2, 0.25) is 10.0 Å². The molecule has 0 aliphatic carbocycles. The Kier molecular flexibility index (Phi) is 5.53. The maximum Gasteiger partial charge on any atom is 0.319 e. The minimum Gasteiger partial charge on any atom is -0.454 e. The Balaban J connectivity index is 1.47. The molecule has 0 bridgehead atoms. The van der Waals surface area contributed by atoms with Crippen LogP contribution in [0.5, 0.6) is 11.5 Å². The second-order valence-electron chi connectivity index (χ2n) is 5.43. The number of benzene rings is 2. The van der Waals surface area contributed by atoms with E-state index in [0.29, 0.717) is 45.8 Å². The number of rotatable bonds is 5. The standard InChI is InChI=1S/C17H16Cl2N2O4/c18-12-3-2-11(8-13(12)19)21-17(23)20-6-5-14(22)10-1-4-15-16(7-10)25-9-24-15/h1-4,7-8,14,22H,5-6,9H2,(H2,20,21,23). The Labute approximate surface area is 154 Å². The maximum atomic E-state index is 11.9. The van der Waals surface area contributed by atoms with Crippen LogP contribution >= 0.6 is 23.2 Å². The van der Waals surface area contributed by atoms with E-state index in [1.54, 1.807) is 36.4 Å². The number of carbonyl (C=O) groups excluding carboxylic acids is 1. The third kappa shape index (κ3) is 4.48. The average molecular weight is 383 g/mol. The molecule has 2 aromatic carbocycles. The molecule has 0 saturated heterocycles. The number of hydrogen-bond donors (Lipinski definition) is 3. The highest BCUT2D eigenvalue weighted by Gasteiger charge is 2.16. The van der Waals surface area contributed by atoms with Gasteiger partial charge < -0.3 is 25.2 Å². The summed E-state index contributed by atoms with van der Waals surface area (Å²) in [5.74, 6) is 1.27. The van der Waals surface area contributed by atoms with Gasteiger partial charge in [0.25, 0.3) is 0 Å². The number of hydrogen-bond acceptors (Lipinski definition) is 4. The summed E-state index contributed by atoms with van der Waals surface area (Å²) in [5, 5.41) is 16.3. The van der Waals surface area contributed by atoms with Crippen molar-refractivity contribution in [3.05, 3.63) is 52.0 Å². The first-order valence-corrected chi connectivity index (χ1v) is 8.36. The van der Waals surface area contributed by atoms with Crippen LogP contribution in [0.3, 0.4) is 0 Å². The topological polar surface area (TPSA) is 79.8 Å².